The molecule has 0 saturated heterocycles. The van der Waals surface area contributed by atoms with Gasteiger partial charge in [0, 0.05) is 0 Å². The third-order valence-corrected chi connectivity index (χ3v) is 1.06. The summed E-state index contributed by atoms with van der Waals surface area (Å²) in [5, 5.41) is 0. The van der Waals surface area contributed by atoms with Gasteiger partial charge in [-0.25, -0.2) is 0 Å². The minimum absolute atomic E-state index is 0.542. The zero-order valence-electron chi connectivity index (χ0n) is 5.21. The molecule has 0 fully saturated rings. The van der Waals surface area contributed by atoms with Gasteiger partial charge in [0.15, 0.2) is 0 Å². The van der Waals surface area contributed by atoms with Crippen molar-refractivity contribution in [1.82, 2.24) is 0 Å². The average molecular weight is 78.1 g/mol. The van der Waals surface area contributed by atoms with E-state index < -0.39 is 0 Å². The number of hydrogen-bond donors (Lipinski definition) is 0. The monoisotopic (exact) mass is 78.1 g/mol. The van der Waals surface area contributed by atoms with Gasteiger partial charge in [0.2, 0.25) is 0 Å². The zero-order valence-corrected chi connectivity index (χ0v) is 5.21. The van der Waals surface area contributed by atoms with Crippen LogP contribution < -0.4 is 0 Å². The molecule has 0 spiro atoms. The van der Waals surface area contributed by atoms with Crippen LogP contribution in [0.1, 0.15) is 27.2 Å². The van der Waals surface area contributed by atoms with E-state index in [0.717, 1.165) is 0 Å². The van der Waals surface area contributed by atoms with Gasteiger partial charge in [-0.15, -0.1) is 0 Å². The van der Waals surface area contributed by atoms with Crippen molar-refractivity contribution in [2.45, 2.75) is 31.3 Å². The van der Waals surface area contributed by atoms with E-state index in [-0.39, 0.29) is 0 Å². The fourth-order valence-electron chi connectivity index (χ4n) is 0. The molecule has 0 amide bonds. The quantitative estimate of drug-likeness (QED) is 0.419. The minimum atomic E-state index is 0.542. The molecule has 0 aromatic heterocycles. The second-order valence-corrected chi connectivity index (χ2v) is 2.91. The first-order chi connectivity index (χ1) is 2.56. The van der Waals surface area contributed by atoms with Crippen LogP contribution in [0, 0.1) is 0 Å². The molecule has 1 heteroatoms. The van der Waals surface area contributed by atoms with Crippen molar-refractivity contribution >= 4 is 17.7 Å². The van der Waals surface area contributed by atoms with E-state index in [0.29, 0.717) is 4.09 Å². The van der Waals surface area contributed by atoms with E-state index in [1.54, 1.807) is 0 Å². The van der Waals surface area contributed by atoms with Gasteiger partial charge in [0.25, 0.3) is 0 Å². The molecule has 0 unspecified atom stereocenters. The summed E-state index contributed by atoms with van der Waals surface area (Å²) in [5.41, 5.74) is 0. The average Bonchev–Trinajstić information content (AvgIpc) is 1.35. The predicted octanol–water partition coefficient (Wildman–Crippen LogP) is 1.76. The van der Waals surface area contributed by atoms with Crippen molar-refractivity contribution in [3.63, 3.8) is 0 Å². The van der Waals surface area contributed by atoms with Gasteiger partial charge in [-0.1, -0.05) is 0 Å². The molecule has 0 rings (SSSR count). The first-order valence-corrected chi connectivity index (χ1v) is 2.56. The summed E-state index contributed by atoms with van der Waals surface area (Å²) in [4.78, 5) is 0. The molecule has 0 aliphatic carbocycles. The van der Waals surface area contributed by atoms with Crippen LogP contribution in [0.15, 0.2) is 0 Å². The molecule has 0 radical (unpaired) electrons. The Morgan fingerprint density at radius 3 is 1.67 bits per heavy atom. The van der Waals surface area contributed by atoms with Crippen molar-refractivity contribution in [3.8, 4) is 0 Å². The number of hydrogen-bond acceptors (Lipinski definition) is 0. The molecule has 0 aromatic carbocycles. The third kappa shape index (κ3) is 4.60. The third-order valence-electron chi connectivity index (χ3n) is 1.06. The van der Waals surface area contributed by atoms with E-state index in [9.17, 15) is 0 Å². The fraction of sp³-hybridized carbons (Fsp3) is 1.00. The molecule has 0 heterocycles. The van der Waals surface area contributed by atoms with E-state index in [2.05, 4.69) is 38.5 Å². The van der Waals surface area contributed by atoms with Gasteiger partial charge in [0.1, 0.15) is 0 Å². The van der Waals surface area contributed by atoms with Gasteiger partial charge < -0.3 is 0 Å². The van der Waals surface area contributed by atoms with Gasteiger partial charge in [0.05, 0.1) is 0 Å². The van der Waals surface area contributed by atoms with Gasteiger partial charge in [-0.2, -0.15) is 0 Å². The van der Waals surface area contributed by atoms with Gasteiger partial charge >= 0.3 is 49.0 Å². The molecule has 0 saturated carbocycles. The Morgan fingerprint density at radius 2 is 1.67 bits per heavy atom. The van der Waals surface area contributed by atoms with Crippen LogP contribution in [0.25, 0.3) is 0 Å². The van der Waals surface area contributed by atoms with Crippen LogP contribution >= 0.6 is 0 Å². The number of rotatable bonds is 1. The molecule has 0 nitrogen and oxygen atoms in total. The molecular weight excluding hydrogens is 67.0 g/mol. The summed E-state index contributed by atoms with van der Waals surface area (Å²) in [6.07, 6.45) is 1.27. The summed E-state index contributed by atoms with van der Waals surface area (Å²) in [6, 6.07) is 0. The Bertz CT molecular complexity index is 33.7. The zero-order chi connectivity index (χ0) is 5.21. The van der Waals surface area contributed by atoms with Crippen molar-refractivity contribution in [2.75, 3.05) is 0 Å². The Balaban J connectivity index is 3.17. The summed E-state index contributed by atoms with van der Waals surface area (Å²) in [6.45, 7) is 6.69. The molecule has 0 atom stereocenters. The standard InChI is InChI=1S/C5H11.Li/c1-4-5(2)3;/h4H2,1-3H3;. The Hall–Kier alpha value is 0.597. The first-order valence-electron chi connectivity index (χ1n) is 2.56. The molecule has 0 aliphatic heterocycles. The topological polar surface area (TPSA) is 0 Å². The fourth-order valence-corrected chi connectivity index (χ4v) is 0. The summed E-state index contributed by atoms with van der Waals surface area (Å²) < 4.78 is 0.542. The molecule has 0 aromatic rings. The Labute approximate surface area is 49.5 Å². The summed E-state index contributed by atoms with van der Waals surface area (Å²) in [7, 11) is 0. The molecule has 0 N–H and O–H groups in total. The first kappa shape index (κ1) is 6.60. The van der Waals surface area contributed by atoms with Crippen molar-refractivity contribution in [3.05, 3.63) is 0 Å². The molecule has 0 bridgehead atoms. The van der Waals surface area contributed by atoms with Crippen LogP contribution in [0.3, 0.4) is 0 Å². The van der Waals surface area contributed by atoms with Crippen LogP contribution in [-0.4, -0.2) is 17.7 Å². The second-order valence-electron chi connectivity index (χ2n) is 2.91. The van der Waals surface area contributed by atoms with E-state index in [4.69, 9.17) is 0 Å². The summed E-state index contributed by atoms with van der Waals surface area (Å²) >= 11 is 2.24. The Morgan fingerprint density at radius 1 is 1.50 bits per heavy atom. The van der Waals surface area contributed by atoms with Gasteiger partial charge in [-0.05, 0) is 0 Å². The normalized spacial score (nSPS) is 12.2. The predicted molar refractivity (Wildman–Crippen MR) is 30.1 cm³/mol. The maximum absolute atomic E-state index is 2.24. The van der Waals surface area contributed by atoms with Crippen molar-refractivity contribution in [2.24, 2.45) is 0 Å². The molecule has 0 aliphatic rings. The second kappa shape index (κ2) is 2.05. The van der Waals surface area contributed by atoms with E-state index in [1.807, 2.05) is 0 Å². The SMILES string of the molecule is [Li][C](C)(C)CC. The van der Waals surface area contributed by atoms with Crippen molar-refractivity contribution < 1.29 is 0 Å². The van der Waals surface area contributed by atoms with Gasteiger partial charge in [-0.3, -0.25) is 0 Å². The molecule has 32 valence electrons. The van der Waals surface area contributed by atoms with E-state index in [1.165, 1.54) is 6.42 Å². The molecular formula is C5H11Li. The Kier molecular flexibility index (Phi) is 2.25. The molecule has 6 heavy (non-hydrogen) atoms. The maximum atomic E-state index is 2.24. The van der Waals surface area contributed by atoms with Crippen LogP contribution in [0.4, 0.5) is 0 Å². The van der Waals surface area contributed by atoms with E-state index >= 15 is 0 Å². The summed E-state index contributed by atoms with van der Waals surface area (Å²) in [5.74, 6) is 0. The van der Waals surface area contributed by atoms with Crippen LogP contribution in [-0.2, 0) is 0 Å². The van der Waals surface area contributed by atoms with Crippen LogP contribution in [0.5, 0.6) is 0 Å². The van der Waals surface area contributed by atoms with Crippen LogP contribution in [0.2, 0.25) is 4.09 Å². The van der Waals surface area contributed by atoms with Crippen molar-refractivity contribution in [1.29, 1.82) is 0 Å².